The molecule has 1 aromatic heterocycles. The van der Waals surface area contributed by atoms with E-state index in [4.69, 9.17) is 5.11 Å². The Balaban J connectivity index is 2.90. The lowest BCUT2D eigenvalue weighted by Gasteiger charge is -2.01. The first-order valence-electron chi connectivity index (χ1n) is 4.24. The van der Waals surface area contributed by atoms with Crippen molar-refractivity contribution in [3.63, 3.8) is 0 Å². The molecule has 1 aromatic carbocycles. The first-order chi connectivity index (χ1) is 7.50. The maximum atomic E-state index is 13.2. The van der Waals surface area contributed by atoms with Crippen LogP contribution in [0.15, 0.2) is 27.6 Å². The molecule has 4 nitrogen and oxygen atoms in total. The molecule has 0 spiro atoms. The van der Waals surface area contributed by atoms with Crippen molar-refractivity contribution in [2.45, 2.75) is 0 Å². The minimum Gasteiger partial charge on any atom is -0.477 e. The summed E-state index contributed by atoms with van der Waals surface area (Å²) in [6, 6.07) is 2.39. The normalized spacial score (nSPS) is 10.6. The van der Waals surface area contributed by atoms with Crippen molar-refractivity contribution in [2.75, 3.05) is 0 Å². The van der Waals surface area contributed by atoms with Gasteiger partial charge in [-0.1, -0.05) is 0 Å². The Kier molecular flexibility index (Phi) is 2.51. The Morgan fingerprint density at radius 1 is 1.44 bits per heavy atom. The topological polar surface area (TPSA) is 70.2 Å². The highest BCUT2D eigenvalue weighted by Gasteiger charge is 2.12. The molecule has 0 aliphatic carbocycles. The molecule has 0 saturated heterocycles. The number of aromatic amines is 1. The van der Waals surface area contributed by atoms with Gasteiger partial charge in [0.15, 0.2) is 0 Å². The molecule has 0 amide bonds. The summed E-state index contributed by atoms with van der Waals surface area (Å²) in [5, 5.41) is 8.74. The molecular formula is C10H5BrFNO3. The third kappa shape index (κ3) is 1.61. The summed E-state index contributed by atoms with van der Waals surface area (Å²) >= 11 is 2.97. The van der Waals surface area contributed by atoms with Crippen molar-refractivity contribution < 1.29 is 14.3 Å². The van der Waals surface area contributed by atoms with E-state index in [1.807, 2.05) is 0 Å². The Morgan fingerprint density at radius 3 is 2.75 bits per heavy atom. The Hall–Kier alpha value is -1.69. The SMILES string of the molecule is O=C(O)c1c[nH]c2cc(Br)c(F)cc2c1=O. The number of hydrogen-bond donors (Lipinski definition) is 2. The smallest absolute Gasteiger partial charge is 0.341 e. The number of aromatic nitrogens is 1. The van der Waals surface area contributed by atoms with Gasteiger partial charge in [-0.2, -0.15) is 0 Å². The molecule has 82 valence electrons. The Bertz CT molecular complexity index is 650. The van der Waals surface area contributed by atoms with Gasteiger partial charge in [-0.05, 0) is 28.1 Å². The van der Waals surface area contributed by atoms with Crippen LogP contribution in [0, 0.1) is 5.82 Å². The standard InChI is InChI=1S/C10H5BrFNO3/c11-6-2-8-4(1-7(6)12)9(14)5(3-13-8)10(15)16/h1-3H,(H,13,14)(H,15,16). The molecule has 1 heterocycles. The van der Waals surface area contributed by atoms with Gasteiger partial charge in [-0.3, -0.25) is 4.79 Å². The van der Waals surface area contributed by atoms with E-state index in [1.54, 1.807) is 0 Å². The second kappa shape index (κ2) is 3.71. The number of carboxylic acids is 1. The van der Waals surface area contributed by atoms with Gasteiger partial charge >= 0.3 is 5.97 Å². The van der Waals surface area contributed by atoms with Crippen molar-refractivity contribution in [3.05, 3.63) is 44.4 Å². The quantitative estimate of drug-likeness (QED) is 0.843. The second-order valence-corrected chi connectivity index (χ2v) is 4.00. The first kappa shape index (κ1) is 10.8. The summed E-state index contributed by atoms with van der Waals surface area (Å²) < 4.78 is 13.4. The van der Waals surface area contributed by atoms with E-state index in [1.165, 1.54) is 6.07 Å². The van der Waals surface area contributed by atoms with Gasteiger partial charge in [0.05, 0.1) is 9.99 Å². The number of halogens is 2. The first-order valence-corrected chi connectivity index (χ1v) is 5.03. The number of benzene rings is 1. The number of H-pyrrole nitrogens is 1. The van der Waals surface area contributed by atoms with E-state index in [2.05, 4.69) is 20.9 Å². The van der Waals surface area contributed by atoms with Crippen LogP contribution in [0.25, 0.3) is 10.9 Å². The van der Waals surface area contributed by atoms with E-state index in [0.717, 1.165) is 12.3 Å². The molecule has 0 saturated carbocycles. The fraction of sp³-hybridized carbons (Fsp3) is 0. The molecule has 0 atom stereocenters. The lowest BCUT2D eigenvalue weighted by Crippen LogP contribution is -2.15. The van der Waals surface area contributed by atoms with Gasteiger partial charge in [-0.15, -0.1) is 0 Å². The van der Waals surface area contributed by atoms with Crippen LogP contribution in [-0.2, 0) is 0 Å². The van der Waals surface area contributed by atoms with Gasteiger partial charge in [0.2, 0.25) is 5.43 Å². The minimum atomic E-state index is -1.34. The van der Waals surface area contributed by atoms with Gasteiger partial charge in [0.1, 0.15) is 11.4 Å². The summed E-state index contributed by atoms with van der Waals surface area (Å²) in [5.74, 6) is -1.95. The van der Waals surface area contributed by atoms with Gasteiger partial charge in [0.25, 0.3) is 0 Å². The molecule has 0 bridgehead atoms. The molecule has 2 aromatic rings. The van der Waals surface area contributed by atoms with Crippen LogP contribution in [-0.4, -0.2) is 16.1 Å². The molecular weight excluding hydrogens is 281 g/mol. The van der Waals surface area contributed by atoms with E-state index < -0.39 is 22.8 Å². The van der Waals surface area contributed by atoms with Crippen molar-refractivity contribution >= 4 is 32.8 Å². The third-order valence-electron chi connectivity index (χ3n) is 2.15. The Morgan fingerprint density at radius 2 is 2.12 bits per heavy atom. The summed E-state index contributed by atoms with van der Waals surface area (Å²) in [5.41, 5.74) is -0.731. The molecule has 0 radical (unpaired) electrons. The van der Waals surface area contributed by atoms with Crippen molar-refractivity contribution in [2.24, 2.45) is 0 Å². The number of pyridine rings is 1. The number of nitrogens with one attached hydrogen (secondary N) is 1. The summed E-state index contributed by atoms with van der Waals surface area (Å²) in [4.78, 5) is 25.0. The number of aromatic carboxylic acids is 1. The molecule has 0 aliphatic heterocycles. The number of fused-ring (bicyclic) bond motifs is 1. The number of rotatable bonds is 1. The van der Waals surface area contributed by atoms with Crippen LogP contribution in [0.5, 0.6) is 0 Å². The largest absolute Gasteiger partial charge is 0.477 e. The average molecular weight is 286 g/mol. The maximum absolute atomic E-state index is 13.2. The number of carboxylic acid groups (broad SMARTS) is 1. The van der Waals surface area contributed by atoms with E-state index in [-0.39, 0.29) is 9.86 Å². The molecule has 2 N–H and O–H groups in total. The molecule has 0 aliphatic rings. The van der Waals surface area contributed by atoms with Crippen LogP contribution in [0.1, 0.15) is 10.4 Å². The lowest BCUT2D eigenvalue weighted by atomic mass is 10.1. The van der Waals surface area contributed by atoms with Crippen molar-refractivity contribution in [1.82, 2.24) is 4.98 Å². The monoisotopic (exact) mass is 285 g/mol. The van der Waals surface area contributed by atoms with E-state index in [9.17, 15) is 14.0 Å². The highest BCUT2D eigenvalue weighted by Crippen LogP contribution is 2.20. The fourth-order valence-electron chi connectivity index (χ4n) is 1.37. The Labute approximate surface area is 96.8 Å². The number of carbonyl (C=O) groups is 1. The highest BCUT2D eigenvalue weighted by molar-refractivity contribution is 9.10. The summed E-state index contributed by atoms with van der Waals surface area (Å²) in [7, 11) is 0. The summed E-state index contributed by atoms with van der Waals surface area (Å²) in [6.45, 7) is 0. The highest BCUT2D eigenvalue weighted by atomic mass is 79.9. The summed E-state index contributed by atoms with van der Waals surface area (Å²) in [6.07, 6.45) is 1.09. The molecule has 0 fully saturated rings. The van der Waals surface area contributed by atoms with E-state index in [0.29, 0.717) is 5.52 Å². The molecule has 6 heteroatoms. The minimum absolute atomic E-state index is 0.0144. The maximum Gasteiger partial charge on any atom is 0.341 e. The zero-order chi connectivity index (χ0) is 11.9. The zero-order valence-electron chi connectivity index (χ0n) is 7.75. The molecule has 0 unspecified atom stereocenters. The predicted molar refractivity (Wildman–Crippen MR) is 59.2 cm³/mol. The van der Waals surface area contributed by atoms with Crippen molar-refractivity contribution in [3.8, 4) is 0 Å². The van der Waals surface area contributed by atoms with E-state index >= 15 is 0 Å². The van der Waals surface area contributed by atoms with Gasteiger partial charge in [-0.25, -0.2) is 9.18 Å². The van der Waals surface area contributed by atoms with Crippen LogP contribution in [0.3, 0.4) is 0 Å². The van der Waals surface area contributed by atoms with Crippen LogP contribution >= 0.6 is 15.9 Å². The zero-order valence-corrected chi connectivity index (χ0v) is 9.34. The number of hydrogen-bond acceptors (Lipinski definition) is 2. The van der Waals surface area contributed by atoms with Crippen LogP contribution in [0.2, 0.25) is 0 Å². The second-order valence-electron chi connectivity index (χ2n) is 3.15. The third-order valence-corrected chi connectivity index (χ3v) is 2.76. The average Bonchev–Trinajstić information content (AvgIpc) is 2.21. The lowest BCUT2D eigenvalue weighted by molar-refractivity contribution is 0.0695. The predicted octanol–water partition coefficient (Wildman–Crippen LogP) is 2.13. The van der Waals surface area contributed by atoms with Crippen LogP contribution in [0.4, 0.5) is 4.39 Å². The van der Waals surface area contributed by atoms with Crippen molar-refractivity contribution in [1.29, 1.82) is 0 Å². The fourth-order valence-corrected chi connectivity index (χ4v) is 1.72. The van der Waals surface area contributed by atoms with Gasteiger partial charge in [0, 0.05) is 11.6 Å². The van der Waals surface area contributed by atoms with Crippen LogP contribution < -0.4 is 5.43 Å². The molecule has 2 rings (SSSR count). The van der Waals surface area contributed by atoms with Gasteiger partial charge < -0.3 is 10.1 Å². The molecule has 16 heavy (non-hydrogen) atoms.